The SMILES string of the molecule is C[C@@H]1c2nnc(-c3coc(C4CC4)n3)n2CCN1C(=O)c1ccc(Cl)c(F)c1. The first kappa shape index (κ1) is 17.4. The van der Waals surface area contributed by atoms with Crippen LogP contribution in [0.2, 0.25) is 5.02 Å². The average molecular weight is 402 g/mol. The van der Waals surface area contributed by atoms with E-state index in [1.807, 2.05) is 11.5 Å². The third-order valence-electron chi connectivity index (χ3n) is 5.29. The summed E-state index contributed by atoms with van der Waals surface area (Å²) in [7, 11) is 0. The molecule has 3 heterocycles. The van der Waals surface area contributed by atoms with Gasteiger partial charge in [-0.1, -0.05) is 11.6 Å². The molecule has 1 amide bonds. The maximum absolute atomic E-state index is 13.8. The number of nitrogens with zero attached hydrogens (tertiary/aromatic N) is 5. The fraction of sp³-hybridized carbons (Fsp3) is 0.368. The molecule has 2 aromatic heterocycles. The standard InChI is InChI=1S/C19H17ClFN5O2/c1-10-16-23-24-17(15-9-28-18(22-15)11-2-3-11)26(16)7-6-25(10)19(27)12-4-5-13(20)14(21)8-12/h4-5,8-11H,2-3,6-7H2,1H3/t10-/m1/s1. The van der Waals surface area contributed by atoms with Gasteiger partial charge in [-0.25, -0.2) is 9.37 Å². The molecule has 0 N–H and O–H groups in total. The summed E-state index contributed by atoms with van der Waals surface area (Å²) in [6.45, 7) is 2.86. The number of rotatable bonds is 3. The fourth-order valence-corrected chi connectivity index (χ4v) is 3.67. The number of amides is 1. The van der Waals surface area contributed by atoms with Crippen molar-refractivity contribution in [2.45, 2.75) is 38.3 Å². The second-order valence-electron chi connectivity index (χ2n) is 7.18. The van der Waals surface area contributed by atoms with Crippen molar-refractivity contribution >= 4 is 17.5 Å². The second kappa shape index (κ2) is 6.41. The molecule has 144 valence electrons. The molecule has 1 atom stereocenters. The number of carbonyl (C=O) groups excluding carboxylic acids is 1. The molecule has 1 aromatic carbocycles. The molecule has 1 aliphatic heterocycles. The Balaban J connectivity index is 1.42. The normalized spacial score (nSPS) is 19.0. The molecule has 3 aromatic rings. The first-order valence-corrected chi connectivity index (χ1v) is 9.55. The van der Waals surface area contributed by atoms with Crippen LogP contribution in [0.3, 0.4) is 0 Å². The number of aromatic nitrogens is 4. The summed E-state index contributed by atoms with van der Waals surface area (Å²) in [6, 6.07) is 3.77. The predicted octanol–water partition coefficient (Wildman–Crippen LogP) is 3.82. The largest absolute Gasteiger partial charge is 0.448 e. The maximum atomic E-state index is 13.8. The minimum absolute atomic E-state index is 0.00851. The third-order valence-corrected chi connectivity index (χ3v) is 5.60. The van der Waals surface area contributed by atoms with Gasteiger partial charge in [-0.05, 0) is 38.0 Å². The van der Waals surface area contributed by atoms with Crippen molar-refractivity contribution in [1.82, 2.24) is 24.6 Å². The van der Waals surface area contributed by atoms with Gasteiger partial charge >= 0.3 is 0 Å². The molecule has 1 aliphatic carbocycles. The zero-order valence-corrected chi connectivity index (χ0v) is 15.9. The Bertz CT molecular complexity index is 1070. The maximum Gasteiger partial charge on any atom is 0.254 e. The van der Waals surface area contributed by atoms with E-state index in [0.717, 1.165) is 24.8 Å². The van der Waals surface area contributed by atoms with Gasteiger partial charge in [-0.15, -0.1) is 10.2 Å². The quantitative estimate of drug-likeness (QED) is 0.666. The van der Waals surface area contributed by atoms with Crippen molar-refractivity contribution in [1.29, 1.82) is 0 Å². The van der Waals surface area contributed by atoms with E-state index in [4.69, 9.17) is 16.0 Å². The fourth-order valence-electron chi connectivity index (χ4n) is 3.56. The van der Waals surface area contributed by atoms with Crippen molar-refractivity contribution < 1.29 is 13.6 Å². The van der Waals surface area contributed by atoms with Gasteiger partial charge in [0.05, 0.1) is 11.1 Å². The number of benzene rings is 1. The molecule has 0 radical (unpaired) electrons. The van der Waals surface area contributed by atoms with E-state index in [1.165, 1.54) is 12.1 Å². The highest BCUT2D eigenvalue weighted by atomic mass is 35.5. The van der Waals surface area contributed by atoms with Gasteiger partial charge in [0.2, 0.25) is 0 Å². The minimum Gasteiger partial charge on any atom is -0.448 e. The van der Waals surface area contributed by atoms with E-state index in [0.29, 0.717) is 36.4 Å². The number of carbonyl (C=O) groups is 1. The Morgan fingerprint density at radius 1 is 1.29 bits per heavy atom. The molecule has 28 heavy (non-hydrogen) atoms. The van der Waals surface area contributed by atoms with Gasteiger partial charge in [0, 0.05) is 24.6 Å². The molecule has 0 spiro atoms. The highest BCUT2D eigenvalue weighted by Crippen LogP contribution is 2.40. The zero-order valence-electron chi connectivity index (χ0n) is 15.1. The molecular formula is C19H17ClFN5O2. The molecule has 5 rings (SSSR count). The van der Waals surface area contributed by atoms with E-state index in [-0.39, 0.29) is 22.5 Å². The number of hydrogen-bond acceptors (Lipinski definition) is 5. The summed E-state index contributed by atoms with van der Waals surface area (Å²) in [4.78, 5) is 19.1. The lowest BCUT2D eigenvalue weighted by atomic mass is 10.1. The van der Waals surface area contributed by atoms with Crippen molar-refractivity contribution in [2.75, 3.05) is 6.54 Å². The van der Waals surface area contributed by atoms with Crippen LogP contribution < -0.4 is 0 Å². The lowest BCUT2D eigenvalue weighted by Gasteiger charge is -2.33. The summed E-state index contributed by atoms with van der Waals surface area (Å²) in [5.41, 5.74) is 0.917. The highest BCUT2D eigenvalue weighted by Gasteiger charge is 2.34. The Morgan fingerprint density at radius 3 is 2.86 bits per heavy atom. The molecule has 1 fully saturated rings. The predicted molar refractivity (Wildman–Crippen MR) is 98.4 cm³/mol. The van der Waals surface area contributed by atoms with Gasteiger partial charge < -0.3 is 13.9 Å². The molecule has 0 bridgehead atoms. The van der Waals surface area contributed by atoms with E-state index < -0.39 is 5.82 Å². The first-order valence-electron chi connectivity index (χ1n) is 9.18. The van der Waals surface area contributed by atoms with Crippen LogP contribution in [0.5, 0.6) is 0 Å². The second-order valence-corrected chi connectivity index (χ2v) is 7.59. The van der Waals surface area contributed by atoms with Crippen LogP contribution in [0.15, 0.2) is 28.9 Å². The topological polar surface area (TPSA) is 77.1 Å². The van der Waals surface area contributed by atoms with E-state index in [9.17, 15) is 9.18 Å². The average Bonchev–Trinajstić information content (AvgIpc) is 3.25. The first-order chi connectivity index (χ1) is 13.5. The van der Waals surface area contributed by atoms with Crippen LogP contribution in [-0.4, -0.2) is 37.1 Å². The van der Waals surface area contributed by atoms with Gasteiger partial charge in [-0.3, -0.25) is 4.79 Å². The molecule has 0 saturated heterocycles. The van der Waals surface area contributed by atoms with Crippen LogP contribution in [-0.2, 0) is 6.54 Å². The highest BCUT2D eigenvalue weighted by molar-refractivity contribution is 6.30. The van der Waals surface area contributed by atoms with Gasteiger partial charge in [0.15, 0.2) is 17.5 Å². The Labute approximate surface area is 165 Å². The van der Waals surface area contributed by atoms with Crippen molar-refractivity contribution in [2.24, 2.45) is 0 Å². The van der Waals surface area contributed by atoms with Crippen LogP contribution in [0.25, 0.3) is 11.5 Å². The Hall–Kier alpha value is -2.74. The number of oxazole rings is 1. The number of halogens is 2. The van der Waals surface area contributed by atoms with Crippen LogP contribution in [0.4, 0.5) is 4.39 Å². The smallest absolute Gasteiger partial charge is 0.254 e. The van der Waals surface area contributed by atoms with Gasteiger partial charge in [0.25, 0.3) is 5.91 Å². The monoisotopic (exact) mass is 401 g/mol. The molecular weight excluding hydrogens is 385 g/mol. The lowest BCUT2D eigenvalue weighted by molar-refractivity contribution is 0.0638. The lowest BCUT2D eigenvalue weighted by Crippen LogP contribution is -2.41. The van der Waals surface area contributed by atoms with Crippen molar-refractivity contribution in [3.05, 3.63) is 52.6 Å². The Kier molecular flexibility index (Phi) is 3.97. The van der Waals surface area contributed by atoms with Gasteiger partial charge in [0.1, 0.15) is 17.8 Å². The van der Waals surface area contributed by atoms with Crippen LogP contribution in [0, 0.1) is 5.82 Å². The Morgan fingerprint density at radius 2 is 2.11 bits per heavy atom. The van der Waals surface area contributed by atoms with Crippen molar-refractivity contribution in [3.63, 3.8) is 0 Å². The molecule has 0 unspecified atom stereocenters. The molecule has 9 heteroatoms. The van der Waals surface area contributed by atoms with E-state index in [2.05, 4.69) is 15.2 Å². The van der Waals surface area contributed by atoms with Gasteiger partial charge in [-0.2, -0.15) is 0 Å². The summed E-state index contributed by atoms with van der Waals surface area (Å²) in [6.07, 6.45) is 3.83. The van der Waals surface area contributed by atoms with Crippen LogP contribution >= 0.6 is 11.6 Å². The summed E-state index contributed by atoms with van der Waals surface area (Å²) in [5, 5.41) is 8.55. The van der Waals surface area contributed by atoms with Crippen LogP contribution in [0.1, 0.15) is 53.8 Å². The number of fused-ring (bicyclic) bond motifs is 1. The molecule has 2 aliphatic rings. The number of hydrogen-bond donors (Lipinski definition) is 0. The van der Waals surface area contributed by atoms with E-state index >= 15 is 0 Å². The third kappa shape index (κ3) is 2.79. The summed E-state index contributed by atoms with van der Waals surface area (Å²) >= 11 is 5.72. The molecule has 1 saturated carbocycles. The molecule has 7 nitrogen and oxygen atoms in total. The minimum atomic E-state index is -0.611. The van der Waals surface area contributed by atoms with E-state index in [1.54, 1.807) is 11.2 Å². The van der Waals surface area contributed by atoms with Crippen molar-refractivity contribution in [3.8, 4) is 11.5 Å². The summed E-state index contributed by atoms with van der Waals surface area (Å²) < 4.78 is 21.3. The summed E-state index contributed by atoms with van der Waals surface area (Å²) in [5.74, 6) is 1.60. The zero-order chi connectivity index (χ0) is 19.4.